The molecule has 0 heterocycles. The summed E-state index contributed by atoms with van der Waals surface area (Å²) in [6, 6.07) is 3.95. The molecule has 0 atom stereocenters. The van der Waals surface area contributed by atoms with Crippen molar-refractivity contribution in [2.45, 2.75) is 37.6 Å². The van der Waals surface area contributed by atoms with E-state index in [0.717, 1.165) is 12.8 Å². The first-order chi connectivity index (χ1) is 9.75. The highest BCUT2D eigenvalue weighted by Crippen LogP contribution is 2.37. The van der Waals surface area contributed by atoms with Crippen LogP contribution in [0.1, 0.15) is 26.7 Å². The molecule has 1 saturated carbocycles. The highest BCUT2D eigenvalue weighted by atomic mass is 32.2. The molecule has 0 bridgehead atoms. The second kappa shape index (κ2) is 5.61. The first-order valence-electron chi connectivity index (χ1n) is 6.80. The van der Waals surface area contributed by atoms with E-state index in [9.17, 15) is 18.5 Å². The molecular weight excluding hydrogens is 294 g/mol. The second-order valence-electron chi connectivity index (χ2n) is 5.65. The smallest absolute Gasteiger partial charge is 0.312 e. The number of anilines is 1. The Hall–Kier alpha value is -1.67. The van der Waals surface area contributed by atoms with Crippen LogP contribution in [0.3, 0.4) is 0 Å². The Labute approximate surface area is 123 Å². The predicted molar refractivity (Wildman–Crippen MR) is 79.3 cm³/mol. The number of nitro groups is 1. The minimum absolute atomic E-state index is 0.0570. The van der Waals surface area contributed by atoms with Crippen molar-refractivity contribution in [3.05, 3.63) is 28.3 Å². The molecule has 2 rings (SSSR count). The second-order valence-corrected chi connectivity index (χ2v) is 7.51. The van der Waals surface area contributed by atoms with Crippen LogP contribution < -0.4 is 5.73 Å². The first-order valence-corrected chi connectivity index (χ1v) is 8.24. The monoisotopic (exact) mass is 313 g/mol. The van der Waals surface area contributed by atoms with Crippen molar-refractivity contribution in [2.24, 2.45) is 5.92 Å². The van der Waals surface area contributed by atoms with Gasteiger partial charge < -0.3 is 5.73 Å². The minimum atomic E-state index is -3.92. The predicted octanol–water partition coefficient (Wildman–Crippen LogP) is 1.99. The summed E-state index contributed by atoms with van der Waals surface area (Å²) in [4.78, 5) is 10.1. The van der Waals surface area contributed by atoms with Gasteiger partial charge in [0.1, 0.15) is 5.69 Å². The Balaban J connectivity index is 2.52. The summed E-state index contributed by atoms with van der Waals surface area (Å²) in [5, 5.41) is 11.2. The van der Waals surface area contributed by atoms with Crippen LogP contribution in [-0.4, -0.2) is 30.2 Å². The Morgan fingerprint density at radius 1 is 1.43 bits per heavy atom. The fraction of sp³-hybridized carbons (Fsp3) is 0.538. The van der Waals surface area contributed by atoms with Gasteiger partial charge in [-0.05, 0) is 30.9 Å². The normalized spacial score (nSPS) is 15.6. The molecule has 0 amide bonds. The maximum atomic E-state index is 12.8. The highest BCUT2D eigenvalue weighted by molar-refractivity contribution is 7.89. The molecule has 1 fully saturated rings. The lowest BCUT2D eigenvalue weighted by atomic mass is 10.2. The number of hydrogen-bond donors (Lipinski definition) is 1. The number of nitro benzene ring substituents is 1. The summed E-state index contributed by atoms with van der Waals surface area (Å²) in [6.45, 7) is 4.18. The van der Waals surface area contributed by atoms with E-state index in [0.29, 0.717) is 6.54 Å². The molecule has 7 nitrogen and oxygen atoms in total. The van der Waals surface area contributed by atoms with Crippen LogP contribution in [0.5, 0.6) is 0 Å². The van der Waals surface area contributed by atoms with Crippen LogP contribution in [0.2, 0.25) is 0 Å². The number of benzene rings is 1. The van der Waals surface area contributed by atoms with Gasteiger partial charge in [-0.3, -0.25) is 10.1 Å². The third-order valence-corrected chi connectivity index (χ3v) is 5.25. The molecule has 0 spiro atoms. The highest BCUT2D eigenvalue weighted by Gasteiger charge is 2.41. The lowest BCUT2D eigenvalue weighted by Crippen LogP contribution is -2.36. The van der Waals surface area contributed by atoms with Gasteiger partial charge in [0.25, 0.3) is 0 Å². The van der Waals surface area contributed by atoms with Gasteiger partial charge in [-0.15, -0.1) is 0 Å². The molecular formula is C13H19N3O4S. The summed E-state index contributed by atoms with van der Waals surface area (Å²) < 4.78 is 27.0. The van der Waals surface area contributed by atoms with E-state index in [4.69, 9.17) is 5.73 Å². The van der Waals surface area contributed by atoms with Crippen LogP contribution in [0.15, 0.2) is 23.1 Å². The SMILES string of the molecule is CC(C)CN(C1CC1)S(=O)(=O)c1cccc(N)c1[N+](=O)[O-]. The molecule has 0 saturated heterocycles. The summed E-state index contributed by atoms with van der Waals surface area (Å²) in [5.41, 5.74) is 4.91. The lowest BCUT2D eigenvalue weighted by molar-refractivity contribution is -0.386. The van der Waals surface area contributed by atoms with Crippen molar-refractivity contribution < 1.29 is 13.3 Å². The molecule has 0 aliphatic heterocycles. The molecule has 0 radical (unpaired) electrons. The van der Waals surface area contributed by atoms with Gasteiger partial charge in [0, 0.05) is 12.6 Å². The van der Waals surface area contributed by atoms with Gasteiger partial charge in [-0.1, -0.05) is 19.9 Å². The van der Waals surface area contributed by atoms with Gasteiger partial charge >= 0.3 is 5.69 Å². The molecule has 2 N–H and O–H groups in total. The molecule has 1 aliphatic carbocycles. The van der Waals surface area contributed by atoms with E-state index < -0.39 is 20.6 Å². The van der Waals surface area contributed by atoms with Crippen molar-refractivity contribution in [3.63, 3.8) is 0 Å². The number of nitrogens with two attached hydrogens (primary N) is 1. The third kappa shape index (κ3) is 3.16. The summed E-state index contributed by atoms with van der Waals surface area (Å²) in [6.07, 6.45) is 1.59. The van der Waals surface area contributed by atoms with E-state index in [1.165, 1.54) is 22.5 Å². The van der Waals surface area contributed by atoms with Crippen molar-refractivity contribution in [1.82, 2.24) is 4.31 Å². The Morgan fingerprint density at radius 2 is 2.05 bits per heavy atom. The van der Waals surface area contributed by atoms with E-state index in [-0.39, 0.29) is 22.5 Å². The molecule has 116 valence electrons. The minimum Gasteiger partial charge on any atom is -0.393 e. The molecule has 0 aromatic heterocycles. The Bertz CT molecular complexity index is 653. The van der Waals surface area contributed by atoms with Crippen LogP contribution in [0.4, 0.5) is 11.4 Å². The zero-order chi connectivity index (χ0) is 15.8. The summed E-state index contributed by atoms with van der Waals surface area (Å²) >= 11 is 0. The van der Waals surface area contributed by atoms with Crippen molar-refractivity contribution in [2.75, 3.05) is 12.3 Å². The molecule has 21 heavy (non-hydrogen) atoms. The maximum Gasteiger partial charge on any atom is 0.312 e. The van der Waals surface area contributed by atoms with Crippen molar-refractivity contribution in [1.29, 1.82) is 0 Å². The van der Waals surface area contributed by atoms with Gasteiger partial charge in [0.15, 0.2) is 4.90 Å². The zero-order valence-electron chi connectivity index (χ0n) is 12.0. The standard InChI is InChI=1S/C13H19N3O4S/c1-9(2)8-15(10-6-7-10)21(19,20)12-5-3-4-11(14)13(12)16(17)18/h3-5,9-10H,6-8,14H2,1-2H3. The first kappa shape index (κ1) is 15.7. The molecule has 1 aromatic rings. The molecule has 8 heteroatoms. The van der Waals surface area contributed by atoms with E-state index in [1.54, 1.807) is 0 Å². The average molecular weight is 313 g/mol. The van der Waals surface area contributed by atoms with E-state index in [2.05, 4.69) is 0 Å². The topological polar surface area (TPSA) is 107 Å². The fourth-order valence-electron chi connectivity index (χ4n) is 2.24. The van der Waals surface area contributed by atoms with Crippen molar-refractivity contribution >= 4 is 21.4 Å². The van der Waals surface area contributed by atoms with Crippen LogP contribution >= 0.6 is 0 Å². The van der Waals surface area contributed by atoms with Gasteiger partial charge in [0.2, 0.25) is 10.0 Å². The Morgan fingerprint density at radius 3 is 2.52 bits per heavy atom. The molecule has 1 aliphatic rings. The zero-order valence-corrected chi connectivity index (χ0v) is 12.8. The molecule has 1 aromatic carbocycles. The average Bonchev–Trinajstić information content (AvgIpc) is 3.18. The van der Waals surface area contributed by atoms with Crippen LogP contribution in [0, 0.1) is 16.0 Å². The third-order valence-electron chi connectivity index (χ3n) is 3.30. The van der Waals surface area contributed by atoms with E-state index >= 15 is 0 Å². The summed E-state index contributed by atoms with van der Waals surface area (Å²) in [5.74, 6) is 0.139. The quantitative estimate of drug-likeness (QED) is 0.491. The van der Waals surface area contributed by atoms with Gasteiger partial charge in [0.05, 0.1) is 4.92 Å². The van der Waals surface area contributed by atoms with Crippen molar-refractivity contribution in [3.8, 4) is 0 Å². The van der Waals surface area contributed by atoms with E-state index in [1.807, 2.05) is 13.8 Å². The number of nitrogens with zero attached hydrogens (tertiary/aromatic N) is 2. The fourth-order valence-corrected chi connectivity index (χ4v) is 4.27. The maximum absolute atomic E-state index is 12.8. The van der Waals surface area contributed by atoms with Gasteiger partial charge in [-0.25, -0.2) is 8.42 Å². The molecule has 0 unspecified atom stereocenters. The number of rotatable bonds is 6. The van der Waals surface area contributed by atoms with Crippen LogP contribution in [-0.2, 0) is 10.0 Å². The number of sulfonamides is 1. The number of para-hydroxylation sites is 1. The van der Waals surface area contributed by atoms with Crippen LogP contribution in [0.25, 0.3) is 0 Å². The lowest BCUT2D eigenvalue weighted by Gasteiger charge is -2.23. The number of nitrogen functional groups attached to an aromatic ring is 1. The summed E-state index contributed by atoms with van der Waals surface area (Å²) in [7, 11) is -3.92. The number of hydrogen-bond acceptors (Lipinski definition) is 5. The largest absolute Gasteiger partial charge is 0.393 e. The van der Waals surface area contributed by atoms with Gasteiger partial charge in [-0.2, -0.15) is 4.31 Å². The Kier molecular flexibility index (Phi) is 4.20.